The fourth-order valence-electron chi connectivity index (χ4n) is 3.33. The summed E-state index contributed by atoms with van der Waals surface area (Å²) < 4.78 is 17.4. The van der Waals surface area contributed by atoms with Crippen molar-refractivity contribution in [2.45, 2.75) is 25.0 Å². The SMILES string of the molecule is COc1ccc(Cl)c2c1C1(CC(CCO)C2)OCCO1. The van der Waals surface area contributed by atoms with Gasteiger partial charge in [0.25, 0.3) is 0 Å². The molecule has 1 fully saturated rings. The number of ether oxygens (including phenoxy) is 3. The van der Waals surface area contributed by atoms with E-state index in [0.717, 1.165) is 36.1 Å². The Bertz CT molecular complexity index is 497. The molecule has 0 bridgehead atoms. The Kier molecular flexibility index (Phi) is 3.91. The number of hydrogen-bond donors (Lipinski definition) is 1. The van der Waals surface area contributed by atoms with E-state index >= 15 is 0 Å². The highest BCUT2D eigenvalue weighted by Gasteiger charge is 2.47. The van der Waals surface area contributed by atoms with E-state index in [0.29, 0.717) is 24.2 Å². The summed E-state index contributed by atoms with van der Waals surface area (Å²) in [6, 6.07) is 3.71. The maximum Gasteiger partial charge on any atom is 0.199 e. The molecule has 5 heteroatoms. The van der Waals surface area contributed by atoms with Gasteiger partial charge in [0.2, 0.25) is 0 Å². The van der Waals surface area contributed by atoms with Gasteiger partial charge < -0.3 is 19.3 Å². The average molecular weight is 299 g/mol. The number of benzene rings is 1. The highest BCUT2D eigenvalue weighted by atomic mass is 35.5. The lowest BCUT2D eigenvalue weighted by atomic mass is 9.78. The maximum absolute atomic E-state index is 9.23. The second kappa shape index (κ2) is 5.53. The lowest BCUT2D eigenvalue weighted by Gasteiger charge is -2.39. The lowest BCUT2D eigenvalue weighted by molar-refractivity contribution is -0.185. The standard InChI is InChI=1S/C15H19ClO4/c1-18-13-3-2-12(16)11-8-10(4-5-17)9-15(14(11)13)19-6-7-20-15/h2-3,10,17H,4-9H2,1H3. The number of methoxy groups -OCH3 is 1. The van der Waals surface area contributed by atoms with Gasteiger partial charge >= 0.3 is 0 Å². The summed E-state index contributed by atoms with van der Waals surface area (Å²) in [4.78, 5) is 0. The van der Waals surface area contributed by atoms with E-state index in [1.54, 1.807) is 7.11 Å². The number of aliphatic hydroxyl groups is 1. The van der Waals surface area contributed by atoms with Crippen LogP contribution >= 0.6 is 11.6 Å². The van der Waals surface area contributed by atoms with Crippen LogP contribution in [0.15, 0.2) is 12.1 Å². The van der Waals surface area contributed by atoms with Gasteiger partial charge in [0.05, 0.1) is 25.9 Å². The summed E-state index contributed by atoms with van der Waals surface area (Å²) in [5.74, 6) is 0.299. The van der Waals surface area contributed by atoms with Crippen LogP contribution in [0.3, 0.4) is 0 Å². The van der Waals surface area contributed by atoms with Crippen molar-refractivity contribution < 1.29 is 19.3 Å². The smallest absolute Gasteiger partial charge is 0.199 e. The Morgan fingerprint density at radius 2 is 2.15 bits per heavy atom. The molecule has 1 N–H and O–H groups in total. The van der Waals surface area contributed by atoms with E-state index in [4.69, 9.17) is 25.8 Å². The van der Waals surface area contributed by atoms with Gasteiger partial charge in [-0.25, -0.2) is 0 Å². The van der Waals surface area contributed by atoms with Gasteiger partial charge in [-0.1, -0.05) is 11.6 Å². The predicted octanol–water partition coefficient (Wildman–Crippen LogP) is 2.49. The molecule has 1 atom stereocenters. The van der Waals surface area contributed by atoms with Gasteiger partial charge in [0.15, 0.2) is 5.79 Å². The Labute approximate surface area is 123 Å². The van der Waals surface area contributed by atoms with Gasteiger partial charge in [0, 0.05) is 18.1 Å². The van der Waals surface area contributed by atoms with Gasteiger partial charge in [-0.15, -0.1) is 0 Å². The molecule has 1 heterocycles. The maximum atomic E-state index is 9.23. The first-order chi connectivity index (χ1) is 9.70. The Morgan fingerprint density at radius 3 is 2.80 bits per heavy atom. The van der Waals surface area contributed by atoms with E-state index < -0.39 is 5.79 Å². The monoisotopic (exact) mass is 298 g/mol. The molecule has 0 aromatic heterocycles. The summed E-state index contributed by atoms with van der Waals surface area (Å²) >= 11 is 6.37. The Morgan fingerprint density at radius 1 is 1.40 bits per heavy atom. The average Bonchev–Trinajstić information content (AvgIpc) is 2.89. The lowest BCUT2D eigenvalue weighted by Crippen LogP contribution is -2.37. The molecular formula is C15H19ClO4. The number of halogens is 1. The molecule has 3 rings (SSSR count). The fourth-order valence-corrected chi connectivity index (χ4v) is 3.57. The zero-order valence-corrected chi connectivity index (χ0v) is 12.3. The second-order valence-corrected chi connectivity index (χ2v) is 5.75. The Balaban J connectivity index is 2.11. The second-order valence-electron chi connectivity index (χ2n) is 5.34. The molecule has 1 saturated heterocycles. The molecule has 1 aromatic rings. The Hall–Kier alpha value is -0.810. The van der Waals surface area contributed by atoms with Gasteiger partial charge in [-0.2, -0.15) is 0 Å². The minimum atomic E-state index is -0.760. The van der Waals surface area contributed by atoms with Gasteiger partial charge in [-0.3, -0.25) is 0 Å². The third kappa shape index (κ3) is 2.21. The molecule has 0 amide bonds. The number of fused-ring (bicyclic) bond motifs is 2. The third-order valence-electron chi connectivity index (χ3n) is 4.16. The van der Waals surface area contributed by atoms with E-state index in [9.17, 15) is 5.11 Å². The first-order valence-electron chi connectivity index (χ1n) is 6.95. The van der Waals surface area contributed by atoms with Gasteiger partial charge in [-0.05, 0) is 36.5 Å². The summed E-state index contributed by atoms with van der Waals surface area (Å²) in [6.45, 7) is 1.31. The zero-order chi connectivity index (χ0) is 14.2. The van der Waals surface area contributed by atoms with Crippen molar-refractivity contribution in [2.75, 3.05) is 26.9 Å². The molecule has 1 unspecified atom stereocenters. The van der Waals surface area contributed by atoms with Crippen molar-refractivity contribution in [3.05, 3.63) is 28.3 Å². The molecule has 0 saturated carbocycles. The largest absolute Gasteiger partial charge is 0.496 e. The van der Waals surface area contributed by atoms with Crippen molar-refractivity contribution in [3.63, 3.8) is 0 Å². The first kappa shape index (κ1) is 14.1. The third-order valence-corrected chi connectivity index (χ3v) is 4.51. The summed E-state index contributed by atoms with van der Waals surface area (Å²) in [6.07, 6.45) is 2.28. The molecule has 110 valence electrons. The van der Waals surface area contributed by atoms with Crippen LogP contribution in [0.5, 0.6) is 5.75 Å². The predicted molar refractivity (Wildman–Crippen MR) is 75.1 cm³/mol. The molecule has 1 aliphatic carbocycles. The normalized spacial score (nSPS) is 23.9. The minimum Gasteiger partial charge on any atom is -0.496 e. The zero-order valence-electron chi connectivity index (χ0n) is 11.5. The van der Waals surface area contributed by atoms with E-state index in [1.165, 1.54) is 0 Å². The van der Waals surface area contributed by atoms with Crippen molar-refractivity contribution in [3.8, 4) is 5.75 Å². The molecule has 1 aromatic carbocycles. The van der Waals surface area contributed by atoms with E-state index in [1.807, 2.05) is 12.1 Å². The van der Waals surface area contributed by atoms with Crippen LogP contribution in [0.25, 0.3) is 0 Å². The van der Waals surface area contributed by atoms with Crippen molar-refractivity contribution >= 4 is 11.6 Å². The highest BCUT2D eigenvalue weighted by Crippen LogP contribution is 2.50. The summed E-state index contributed by atoms with van der Waals surface area (Å²) in [7, 11) is 1.64. The van der Waals surface area contributed by atoms with E-state index in [-0.39, 0.29) is 6.61 Å². The summed E-state index contributed by atoms with van der Waals surface area (Å²) in [5, 5.41) is 9.94. The first-order valence-corrected chi connectivity index (χ1v) is 7.32. The molecular weight excluding hydrogens is 280 g/mol. The van der Waals surface area contributed by atoms with Gasteiger partial charge in [0.1, 0.15) is 5.75 Å². The van der Waals surface area contributed by atoms with Crippen LogP contribution in [-0.4, -0.2) is 32.0 Å². The van der Waals surface area contributed by atoms with Crippen LogP contribution in [0.2, 0.25) is 5.02 Å². The van der Waals surface area contributed by atoms with Crippen LogP contribution in [0, 0.1) is 5.92 Å². The van der Waals surface area contributed by atoms with Crippen molar-refractivity contribution in [1.82, 2.24) is 0 Å². The van der Waals surface area contributed by atoms with Crippen LogP contribution < -0.4 is 4.74 Å². The topological polar surface area (TPSA) is 47.9 Å². The number of rotatable bonds is 3. The molecule has 0 radical (unpaired) electrons. The minimum absolute atomic E-state index is 0.164. The number of hydrogen-bond acceptors (Lipinski definition) is 4. The van der Waals surface area contributed by atoms with Crippen LogP contribution in [-0.2, 0) is 21.7 Å². The van der Waals surface area contributed by atoms with Crippen LogP contribution in [0.1, 0.15) is 24.0 Å². The van der Waals surface area contributed by atoms with Crippen molar-refractivity contribution in [2.24, 2.45) is 5.92 Å². The number of aliphatic hydroxyl groups excluding tert-OH is 1. The highest BCUT2D eigenvalue weighted by molar-refractivity contribution is 6.31. The molecule has 2 aliphatic rings. The van der Waals surface area contributed by atoms with Crippen LogP contribution in [0.4, 0.5) is 0 Å². The van der Waals surface area contributed by atoms with Crippen molar-refractivity contribution in [1.29, 1.82) is 0 Å². The molecule has 20 heavy (non-hydrogen) atoms. The molecule has 1 aliphatic heterocycles. The molecule has 4 nitrogen and oxygen atoms in total. The quantitative estimate of drug-likeness (QED) is 0.931. The fraction of sp³-hybridized carbons (Fsp3) is 0.600. The molecule has 1 spiro atoms. The summed E-state index contributed by atoms with van der Waals surface area (Å²) in [5.41, 5.74) is 1.96. The van der Waals surface area contributed by atoms with E-state index in [2.05, 4.69) is 0 Å².